The van der Waals surface area contributed by atoms with Crippen LogP contribution in [0.4, 0.5) is 10.1 Å². The molecule has 2 heterocycles. The van der Waals surface area contributed by atoms with Gasteiger partial charge >= 0.3 is 0 Å². The van der Waals surface area contributed by atoms with Gasteiger partial charge in [0.25, 0.3) is 5.91 Å². The number of thiophene rings is 1. The first-order valence-electron chi connectivity index (χ1n) is 9.04. The van der Waals surface area contributed by atoms with Gasteiger partial charge in [-0.25, -0.2) is 4.39 Å². The third-order valence-electron chi connectivity index (χ3n) is 4.97. The molecule has 0 saturated heterocycles. The Bertz CT molecular complexity index is 1030. The minimum absolute atomic E-state index is 0.00419. The van der Waals surface area contributed by atoms with E-state index in [0.717, 1.165) is 17.5 Å². The van der Waals surface area contributed by atoms with Gasteiger partial charge in [0.1, 0.15) is 5.82 Å². The van der Waals surface area contributed by atoms with Gasteiger partial charge in [-0.15, -0.1) is 11.3 Å². The molecule has 0 spiro atoms. The molecule has 1 aliphatic rings. The van der Waals surface area contributed by atoms with Crippen LogP contribution in [0, 0.1) is 5.82 Å². The molecule has 4 rings (SSSR count). The molecule has 28 heavy (non-hydrogen) atoms. The Morgan fingerprint density at radius 2 is 1.86 bits per heavy atom. The van der Waals surface area contributed by atoms with E-state index >= 15 is 0 Å². The third-order valence-corrected chi connectivity index (χ3v) is 5.97. The molecular weight excluding hydrogens is 375 g/mol. The van der Waals surface area contributed by atoms with Crippen molar-refractivity contribution in [3.8, 4) is 0 Å². The number of halogens is 1. The number of carbonyl (C=O) groups excluding carboxylic acids is 2. The lowest BCUT2D eigenvalue weighted by Gasteiger charge is -2.35. The number of hydrogen-bond donors (Lipinski definition) is 1. The number of anilines is 1. The molecule has 6 heteroatoms. The fraction of sp³-hybridized carbons (Fsp3) is 0.182. The van der Waals surface area contributed by atoms with Crippen LogP contribution in [-0.2, 0) is 11.2 Å². The molecule has 1 aromatic heterocycles. The highest BCUT2D eigenvalue weighted by Crippen LogP contribution is 2.38. The number of benzene rings is 2. The second kappa shape index (κ2) is 7.56. The maximum absolute atomic E-state index is 13.8. The molecule has 0 bridgehead atoms. The Balaban J connectivity index is 1.58. The molecule has 0 aliphatic carbocycles. The van der Waals surface area contributed by atoms with Crippen LogP contribution in [0.1, 0.15) is 39.3 Å². The van der Waals surface area contributed by atoms with Crippen molar-refractivity contribution in [2.24, 2.45) is 0 Å². The number of nitrogens with one attached hydrogen (secondary N) is 1. The van der Waals surface area contributed by atoms with E-state index in [9.17, 15) is 14.0 Å². The van der Waals surface area contributed by atoms with Gasteiger partial charge in [-0.2, -0.15) is 0 Å². The van der Waals surface area contributed by atoms with E-state index in [1.165, 1.54) is 17.0 Å². The zero-order valence-electron chi connectivity index (χ0n) is 15.3. The largest absolute Gasteiger partial charge is 0.331 e. The van der Waals surface area contributed by atoms with Crippen LogP contribution in [-0.4, -0.2) is 23.3 Å². The Labute approximate surface area is 166 Å². The molecule has 1 N–H and O–H groups in total. The third kappa shape index (κ3) is 3.43. The number of fused-ring (bicyclic) bond motifs is 1. The van der Waals surface area contributed by atoms with Crippen molar-refractivity contribution >= 4 is 28.8 Å². The van der Waals surface area contributed by atoms with Crippen LogP contribution in [0.3, 0.4) is 0 Å². The quantitative estimate of drug-likeness (QED) is 0.704. The predicted octanol–water partition coefficient (Wildman–Crippen LogP) is 4.63. The number of hydrogen-bond acceptors (Lipinski definition) is 3. The highest BCUT2D eigenvalue weighted by molar-refractivity contribution is 7.10. The first-order valence-corrected chi connectivity index (χ1v) is 9.92. The monoisotopic (exact) mass is 394 g/mol. The maximum Gasteiger partial charge on any atom is 0.258 e. The molecular formula is C22H19FN2O2S. The van der Waals surface area contributed by atoms with Crippen molar-refractivity contribution in [2.75, 3.05) is 11.9 Å². The van der Waals surface area contributed by atoms with Gasteiger partial charge in [0.15, 0.2) is 0 Å². The van der Waals surface area contributed by atoms with Gasteiger partial charge in [0.05, 0.1) is 11.6 Å². The first kappa shape index (κ1) is 18.4. The summed E-state index contributed by atoms with van der Waals surface area (Å²) < 4.78 is 13.8. The van der Waals surface area contributed by atoms with Crippen LogP contribution >= 0.6 is 11.3 Å². The van der Waals surface area contributed by atoms with Gasteiger partial charge < -0.3 is 10.2 Å². The van der Waals surface area contributed by atoms with Gasteiger partial charge in [0, 0.05) is 24.0 Å². The lowest BCUT2D eigenvalue weighted by Crippen LogP contribution is -2.38. The smallest absolute Gasteiger partial charge is 0.258 e. The topological polar surface area (TPSA) is 49.4 Å². The first-order chi connectivity index (χ1) is 13.5. The maximum atomic E-state index is 13.8. The fourth-order valence-electron chi connectivity index (χ4n) is 3.61. The zero-order valence-corrected chi connectivity index (χ0v) is 16.1. The number of nitrogens with zero attached hydrogens (tertiary/aromatic N) is 1. The lowest BCUT2D eigenvalue weighted by molar-refractivity contribution is -0.130. The summed E-state index contributed by atoms with van der Waals surface area (Å²) in [6.45, 7) is 2.28. The second-order valence-corrected chi connectivity index (χ2v) is 7.72. The van der Waals surface area contributed by atoms with E-state index < -0.39 is 11.7 Å². The summed E-state index contributed by atoms with van der Waals surface area (Å²) in [5, 5.41) is 4.78. The molecule has 1 aliphatic heterocycles. The number of amides is 2. The van der Waals surface area contributed by atoms with Crippen molar-refractivity contribution in [3.63, 3.8) is 0 Å². The standard InChI is InChI=1S/C22H19FN2O2S/c1-14(26)25-12-10-20-18(11-13-28-20)21(25)15-6-8-16(9-7-15)24-22(27)17-4-2-3-5-19(17)23/h2-9,11,13,21H,10,12H2,1H3,(H,24,27)/t21-/m0/s1. The van der Waals surface area contributed by atoms with Crippen molar-refractivity contribution in [2.45, 2.75) is 19.4 Å². The number of rotatable bonds is 3. The minimum Gasteiger partial charge on any atom is -0.331 e. The van der Waals surface area contributed by atoms with Crippen LogP contribution in [0.15, 0.2) is 60.0 Å². The molecule has 4 nitrogen and oxygen atoms in total. The van der Waals surface area contributed by atoms with Crippen molar-refractivity contribution < 1.29 is 14.0 Å². The van der Waals surface area contributed by atoms with Crippen molar-refractivity contribution in [1.29, 1.82) is 0 Å². The normalized spacial score (nSPS) is 15.8. The molecule has 0 radical (unpaired) electrons. The van der Waals surface area contributed by atoms with Crippen molar-refractivity contribution in [3.05, 3.63) is 87.4 Å². The van der Waals surface area contributed by atoms with Gasteiger partial charge in [-0.05, 0) is 53.3 Å². The predicted molar refractivity (Wildman–Crippen MR) is 108 cm³/mol. The summed E-state index contributed by atoms with van der Waals surface area (Å²) >= 11 is 1.72. The van der Waals surface area contributed by atoms with Gasteiger partial charge in [0.2, 0.25) is 5.91 Å². The minimum atomic E-state index is -0.555. The molecule has 2 amide bonds. The van der Waals surface area contributed by atoms with Crippen LogP contribution < -0.4 is 5.32 Å². The summed E-state index contributed by atoms with van der Waals surface area (Å²) in [4.78, 5) is 27.6. The molecule has 2 aromatic carbocycles. The fourth-order valence-corrected chi connectivity index (χ4v) is 4.51. The van der Waals surface area contributed by atoms with E-state index in [1.54, 1.807) is 42.5 Å². The Morgan fingerprint density at radius 1 is 1.11 bits per heavy atom. The molecule has 1 atom stereocenters. The Hall–Kier alpha value is -2.99. The van der Waals surface area contributed by atoms with Crippen LogP contribution in [0.2, 0.25) is 0 Å². The summed E-state index contributed by atoms with van der Waals surface area (Å²) in [5.41, 5.74) is 2.73. The Morgan fingerprint density at radius 3 is 2.57 bits per heavy atom. The highest BCUT2D eigenvalue weighted by atomic mass is 32.1. The SMILES string of the molecule is CC(=O)N1CCc2sccc2[C@@H]1c1ccc(NC(=O)c2ccccc2F)cc1. The Kier molecular flexibility index (Phi) is 4.96. The second-order valence-electron chi connectivity index (χ2n) is 6.72. The lowest BCUT2D eigenvalue weighted by atomic mass is 9.93. The van der Waals surface area contributed by atoms with E-state index in [2.05, 4.69) is 16.8 Å². The van der Waals surface area contributed by atoms with Crippen LogP contribution in [0.25, 0.3) is 0 Å². The molecule has 0 unspecified atom stereocenters. The summed E-state index contributed by atoms with van der Waals surface area (Å²) in [5.74, 6) is -1.01. The highest BCUT2D eigenvalue weighted by Gasteiger charge is 2.31. The zero-order chi connectivity index (χ0) is 19.7. The van der Waals surface area contributed by atoms with E-state index in [1.807, 2.05) is 17.0 Å². The summed E-state index contributed by atoms with van der Waals surface area (Å²) in [7, 11) is 0. The average molecular weight is 394 g/mol. The van der Waals surface area contributed by atoms with Gasteiger partial charge in [-0.3, -0.25) is 9.59 Å². The summed E-state index contributed by atoms with van der Waals surface area (Å²) in [6, 6.07) is 15.2. The van der Waals surface area contributed by atoms with Crippen LogP contribution in [0.5, 0.6) is 0 Å². The van der Waals surface area contributed by atoms with Gasteiger partial charge in [-0.1, -0.05) is 24.3 Å². The molecule has 0 saturated carbocycles. The van der Waals surface area contributed by atoms with E-state index in [4.69, 9.17) is 0 Å². The molecule has 0 fully saturated rings. The van der Waals surface area contributed by atoms with E-state index in [0.29, 0.717) is 12.2 Å². The van der Waals surface area contributed by atoms with E-state index in [-0.39, 0.29) is 17.5 Å². The average Bonchev–Trinajstić information content (AvgIpc) is 3.17. The molecule has 142 valence electrons. The van der Waals surface area contributed by atoms with Crippen molar-refractivity contribution in [1.82, 2.24) is 4.90 Å². The number of carbonyl (C=O) groups is 2. The molecule has 3 aromatic rings. The summed E-state index contributed by atoms with van der Waals surface area (Å²) in [6.07, 6.45) is 0.875.